The highest BCUT2D eigenvalue weighted by atomic mass is 16.5. The van der Waals surface area contributed by atoms with E-state index in [1.807, 2.05) is 6.20 Å². The molecule has 1 aromatic heterocycles. The van der Waals surface area contributed by atoms with Crippen LogP contribution in [0.3, 0.4) is 0 Å². The zero-order valence-corrected chi connectivity index (χ0v) is 14.4. The molecule has 0 spiro atoms. The van der Waals surface area contributed by atoms with Crippen molar-refractivity contribution in [1.29, 1.82) is 0 Å². The zero-order valence-electron chi connectivity index (χ0n) is 14.4. The number of hydrogen-bond donors (Lipinski definition) is 0. The fourth-order valence-corrected chi connectivity index (χ4v) is 4.07. The Kier molecular flexibility index (Phi) is 4.52. The summed E-state index contributed by atoms with van der Waals surface area (Å²) in [6.45, 7) is 5.62. The maximum Gasteiger partial charge on any atom is 0.122 e. The lowest BCUT2D eigenvalue weighted by molar-refractivity contribution is 0.0914. The fourth-order valence-electron chi connectivity index (χ4n) is 4.07. The molecule has 4 rings (SSSR count). The number of likely N-dealkylation sites (tertiary alicyclic amines) is 1. The van der Waals surface area contributed by atoms with Crippen molar-refractivity contribution in [2.45, 2.75) is 38.7 Å². The van der Waals surface area contributed by atoms with Gasteiger partial charge in [-0.3, -0.25) is 4.98 Å². The summed E-state index contributed by atoms with van der Waals surface area (Å²) in [5, 5.41) is 0. The number of nitrogens with zero attached hydrogens (tertiary/aromatic N) is 2. The molecule has 1 unspecified atom stereocenters. The number of fused-ring (bicyclic) bond motifs is 1. The molecule has 1 aromatic carbocycles. The van der Waals surface area contributed by atoms with E-state index in [2.05, 4.69) is 53.2 Å². The minimum Gasteiger partial charge on any atom is -0.490 e. The van der Waals surface area contributed by atoms with Crippen molar-refractivity contribution in [1.82, 2.24) is 9.88 Å². The molecular formula is C21H26N2O. The fraction of sp³-hybridized carbons (Fsp3) is 0.476. The minimum atomic E-state index is 0.366. The Bertz CT molecular complexity index is 667. The van der Waals surface area contributed by atoms with Crippen molar-refractivity contribution in [3.63, 3.8) is 0 Å². The number of piperidine rings is 1. The highest BCUT2D eigenvalue weighted by Gasteiger charge is 2.27. The van der Waals surface area contributed by atoms with Gasteiger partial charge in [-0.15, -0.1) is 0 Å². The highest BCUT2D eigenvalue weighted by Crippen LogP contribution is 2.27. The second kappa shape index (κ2) is 6.94. The van der Waals surface area contributed by atoms with Crippen LogP contribution in [0.5, 0.6) is 5.75 Å². The lowest BCUT2D eigenvalue weighted by atomic mass is 10.0. The molecule has 0 bridgehead atoms. The largest absolute Gasteiger partial charge is 0.490 e. The summed E-state index contributed by atoms with van der Waals surface area (Å²) in [5.74, 6) is 1.79. The number of hydrogen-bond acceptors (Lipinski definition) is 3. The summed E-state index contributed by atoms with van der Waals surface area (Å²) in [6, 6.07) is 12.6. The predicted octanol–water partition coefficient (Wildman–Crippen LogP) is 3.65. The Morgan fingerprint density at radius 2 is 1.92 bits per heavy atom. The molecule has 3 nitrogen and oxygen atoms in total. The summed E-state index contributed by atoms with van der Waals surface area (Å²) in [4.78, 5) is 7.15. The van der Waals surface area contributed by atoms with Gasteiger partial charge >= 0.3 is 0 Å². The first-order valence-corrected chi connectivity index (χ1v) is 9.15. The maximum absolute atomic E-state index is 6.22. The van der Waals surface area contributed by atoms with Gasteiger partial charge in [0.2, 0.25) is 0 Å². The van der Waals surface area contributed by atoms with E-state index in [1.54, 1.807) is 0 Å². The molecule has 1 fully saturated rings. The summed E-state index contributed by atoms with van der Waals surface area (Å²) in [7, 11) is 0. The monoisotopic (exact) mass is 322 g/mol. The topological polar surface area (TPSA) is 25.4 Å². The summed E-state index contributed by atoms with van der Waals surface area (Å²) >= 11 is 0. The highest BCUT2D eigenvalue weighted by molar-refractivity contribution is 5.32. The van der Waals surface area contributed by atoms with Crippen molar-refractivity contribution in [3.8, 4) is 5.75 Å². The summed E-state index contributed by atoms with van der Waals surface area (Å²) < 4.78 is 6.22. The van der Waals surface area contributed by atoms with Crippen LogP contribution in [0.25, 0.3) is 0 Å². The van der Waals surface area contributed by atoms with Crippen LogP contribution in [0.2, 0.25) is 0 Å². The van der Waals surface area contributed by atoms with Crippen LogP contribution in [0.1, 0.15) is 29.7 Å². The van der Waals surface area contributed by atoms with Gasteiger partial charge < -0.3 is 9.64 Å². The maximum atomic E-state index is 6.22. The van der Waals surface area contributed by atoms with Crippen LogP contribution in [0.4, 0.5) is 0 Å². The first kappa shape index (κ1) is 15.6. The Morgan fingerprint density at radius 1 is 1.08 bits per heavy atom. The Hall–Kier alpha value is -1.87. The van der Waals surface area contributed by atoms with Gasteiger partial charge in [0.25, 0.3) is 0 Å². The Balaban J connectivity index is 1.26. The molecule has 24 heavy (non-hydrogen) atoms. The molecule has 1 aliphatic carbocycles. The number of pyridine rings is 1. The molecule has 2 aromatic rings. The number of para-hydroxylation sites is 1. The van der Waals surface area contributed by atoms with E-state index in [0.717, 1.165) is 44.0 Å². The van der Waals surface area contributed by atoms with Crippen LogP contribution in [0.15, 0.2) is 42.6 Å². The average molecular weight is 322 g/mol. The molecule has 2 heterocycles. The van der Waals surface area contributed by atoms with Crippen molar-refractivity contribution in [2.75, 3.05) is 19.6 Å². The van der Waals surface area contributed by atoms with Crippen LogP contribution in [-0.4, -0.2) is 35.6 Å². The average Bonchev–Trinajstić information content (AvgIpc) is 3.01. The molecule has 1 saturated heterocycles. The van der Waals surface area contributed by atoms with Gasteiger partial charge in [-0.05, 0) is 61.8 Å². The number of rotatable bonds is 4. The standard InChI is InChI=1S/C21H26N2O/c1-16-5-2-3-7-21(16)24-19-8-11-23(12-9-19)15-17-13-18-6-4-10-22-20(18)14-17/h2-7,10,17,19H,8-9,11-15H2,1H3. The first-order valence-electron chi connectivity index (χ1n) is 9.15. The summed E-state index contributed by atoms with van der Waals surface area (Å²) in [5.41, 5.74) is 4.01. The van der Waals surface area contributed by atoms with Crippen molar-refractivity contribution in [3.05, 3.63) is 59.4 Å². The van der Waals surface area contributed by atoms with E-state index in [1.165, 1.54) is 29.8 Å². The SMILES string of the molecule is Cc1ccccc1OC1CCN(CC2Cc3cccnc3C2)CC1. The first-order chi connectivity index (χ1) is 11.8. The second-order valence-electron chi connectivity index (χ2n) is 7.27. The van der Waals surface area contributed by atoms with Crippen molar-refractivity contribution >= 4 is 0 Å². The van der Waals surface area contributed by atoms with Crippen LogP contribution >= 0.6 is 0 Å². The predicted molar refractivity (Wildman–Crippen MR) is 96.4 cm³/mol. The third-order valence-electron chi connectivity index (χ3n) is 5.41. The molecule has 0 amide bonds. The van der Waals surface area contributed by atoms with Gasteiger partial charge in [0.15, 0.2) is 0 Å². The van der Waals surface area contributed by atoms with Crippen LogP contribution in [0, 0.1) is 12.8 Å². The normalized spacial score (nSPS) is 21.6. The number of ether oxygens (including phenoxy) is 1. The third kappa shape index (κ3) is 3.46. The van der Waals surface area contributed by atoms with Crippen molar-refractivity contribution in [2.24, 2.45) is 5.92 Å². The van der Waals surface area contributed by atoms with Gasteiger partial charge in [0, 0.05) is 31.5 Å². The van der Waals surface area contributed by atoms with E-state index in [9.17, 15) is 0 Å². The molecule has 1 aliphatic heterocycles. The van der Waals surface area contributed by atoms with Crippen LogP contribution in [-0.2, 0) is 12.8 Å². The quantitative estimate of drug-likeness (QED) is 0.859. The van der Waals surface area contributed by atoms with Gasteiger partial charge in [-0.1, -0.05) is 24.3 Å². The molecule has 126 valence electrons. The molecule has 0 N–H and O–H groups in total. The minimum absolute atomic E-state index is 0.366. The molecule has 2 aliphatic rings. The molecular weight excluding hydrogens is 296 g/mol. The number of aryl methyl sites for hydroxylation is 1. The lowest BCUT2D eigenvalue weighted by Gasteiger charge is -2.33. The van der Waals surface area contributed by atoms with Gasteiger partial charge in [-0.2, -0.15) is 0 Å². The zero-order chi connectivity index (χ0) is 16.4. The van der Waals surface area contributed by atoms with E-state index in [0.29, 0.717) is 6.10 Å². The second-order valence-corrected chi connectivity index (χ2v) is 7.27. The number of aromatic nitrogens is 1. The molecule has 1 atom stereocenters. The van der Waals surface area contributed by atoms with E-state index in [-0.39, 0.29) is 0 Å². The Morgan fingerprint density at radius 3 is 2.71 bits per heavy atom. The van der Waals surface area contributed by atoms with Gasteiger partial charge in [0.05, 0.1) is 0 Å². The Labute approximate surface area is 144 Å². The smallest absolute Gasteiger partial charge is 0.122 e. The number of benzene rings is 1. The van der Waals surface area contributed by atoms with Gasteiger partial charge in [0.1, 0.15) is 11.9 Å². The van der Waals surface area contributed by atoms with E-state index in [4.69, 9.17) is 4.74 Å². The molecule has 3 heteroatoms. The van der Waals surface area contributed by atoms with Crippen LogP contribution < -0.4 is 4.74 Å². The third-order valence-corrected chi connectivity index (χ3v) is 5.41. The molecule has 0 saturated carbocycles. The lowest BCUT2D eigenvalue weighted by Crippen LogP contribution is -2.40. The van der Waals surface area contributed by atoms with E-state index < -0.39 is 0 Å². The molecule has 0 radical (unpaired) electrons. The van der Waals surface area contributed by atoms with Crippen molar-refractivity contribution < 1.29 is 4.74 Å². The van der Waals surface area contributed by atoms with Gasteiger partial charge in [-0.25, -0.2) is 0 Å². The summed E-state index contributed by atoms with van der Waals surface area (Å²) in [6.07, 6.45) is 6.90. The van der Waals surface area contributed by atoms with E-state index >= 15 is 0 Å².